The van der Waals surface area contributed by atoms with Gasteiger partial charge in [0.25, 0.3) is 0 Å². The molecule has 6 fully saturated rings. The van der Waals surface area contributed by atoms with E-state index in [4.69, 9.17) is 16.6 Å². The van der Waals surface area contributed by atoms with Crippen molar-refractivity contribution in [3.8, 4) is 6.07 Å². The molecule has 0 radical (unpaired) electrons. The molecule has 43 heavy (non-hydrogen) atoms. The number of nitriles is 1. The number of rotatable bonds is 10. The highest BCUT2D eigenvalue weighted by atomic mass is 35.5. The van der Waals surface area contributed by atoms with E-state index in [-0.39, 0.29) is 5.41 Å². The van der Waals surface area contributed by atoms with Crippen molar-refractivity contribution in [1.82, 2.24) is 20.2 Å². The van der Waals surface area contributed by atoms with Gasteiger partial charge in [0, 0.05) is 42.3 Å². The summed E-state index contributed by atoms with van der Waals surface area (Å²) in [5, 5.41) is 31.4. The lowest BCUT2D eigenvalue weighted by atomic mass is 9.47. The Morgan fingerprint density at radius 3 is 2.58 bits per heavy atom. The van der Waals surface area contributed by atoms with E-state index in [1.54, 1.807) is 6.20 Å². The first-order chi connectivity index (χ1) is 21.0. The Kier molecular flexibility index (Phi) is 8.52. The van der Waals surface area contributed by atoms with Crippen molar-refractivity contribution in [1.29, 1.82) is 5.26 Å². The largest absolute Gasteiger partial charge is 0.395 e. The van der Waals surface area contributed by atoms with E-state index in [9.17, 15) is 10.4 Å². The van der Waals surface area contributed by atoms with E-state index in [2.05, 4.69) is 31.9 Å². The number of hydrogen-bond donors (Lipinski definition) is 4. The van der Waals surface area contributed by atoms with Crippen LogP contribution in [0.25, 0.3) is 0 Å². The van der Waals surface area contributed by atoms with Crippen LogP contribution in [0, 0.1) is 34.5 Å². The van der Waals surface area contributed by atoms with E-state index in [0.29, 0.717) is 59.7 Å². The molecule has 2 aromatic rings. The Bertz CT molecular complexity index is 1310. The summed E-state index contributed by atoms with van der Waals surface area (Å²) in [7, 11) is 0. The smallest absolute Gasteiger partial charge is 0.224 e. The Balaban J connectivity index is 0.955. The molecule has 9 heteroatoms. The van der Waals surface area contributed by atoms with Gasteiger partial charge in [-0.2, -0.15) is 10.2 Å². The monoisotopic (exact) mass is 603 g/mol. The molecule has 6 aliphatic rings. The zero-order valence-electron chi connectivity index (χ0n) is 25.1. The molecule has 0 spiro atoms. The molecule has 1 saturated heterocycles. The second-order valence-electron chi connectivity index (χ2n) is 14.3. The van der Waals surface area contributed by atoms with E-state index in [1.165, 1.54) is 70.8 Å². The van der Waals surface area contributed by atoms with E-state index in [1.807, 2.05) is 24.3 Å². The molecule has 0 amide bonds. The molecule has 1 aromatic carbocycles. The summed E-state index contributed by atoms with van der Waals surface area (Å²) in [6, 6.07) is 12.4. The zero-order chi connectivity index (χ0) is 29.4. The summed E-state index contributed by atoms with van der Waals surface area (Å²) in [4.78, 5) is 11.7. The van der Waals surface area contributed by atoms with Gasteiger partial charge < -0.3 is 21.1 Å². The third-order valence-corrected chi connectivity index (χ3v) is 11.9. The Hall–Kier alpha value is -2.44. The number of aliphatic hydroxyl groups is 1. The summed E-state index contributed by atoms with van der Waals surface area (Å²) >= 11 is 6.32. The van der Waals surface area contributed by atoms with Gasteiger partial charge in [-0.3, -0.25) is 4.90 Å². The van der Waals surface area contributed by atoms with Crippen LogP contribution >= 0.6 is 11.6 Å². The normalized spacial score (nSPS) is 35.1. The van der Waals surface area contributed by atoms with Crippen LogP contribution in [0.4, 0.5) is 11.8 Å². The van der Waals surface area contributed by atoms with Crippen LogP contribution in [-0.4, -0.2) is 63.8 Å². The van der Waals surface area contributed by atoms with Gasteiger partial charge in [-0.1, -0.05) is 29.8 Å². The predicted molar refractivity (Wildman–Crippen MR) is 170 cm³/mol. The van der Waals surface area contributed by atoms with Crippen LogP contribution in [0.2, 0.25) is 5.02 Å². The first-order valence-electron chi connectivity index (χ1n) is 16.6. The van der Waals surface area contributed by atoms with E-state index < -0.39 is 0 Å². The van der Waals surface area contributed by atoms with Crippen LogP contribution in [0.5, 0.6) is 0 Å². The number of halogens is 1. The molecular weight excluding hydrogens is 558 g/mol. The number of aromatic nitrogens is 2. The average molecular weight is 604 g/mol. The van der Waals surface area contributed by atoms with Crippen LogP contribution in [0.1, 0.15) is 81.8 Å². The lowest BCUT2D eigenvalue weighted by Gasteiger charge is -2.61. The molecule has 1 aliphatic heterocycles. The lowest BCUT2D eigenvalue weighted by Crippen LogP contribution is -2.61. The maximum absolute atomic E-state index is 9.80. The Labute approximate surface area is 261 Å². The quantitative estimate of drug-likeness (QED) is 0.279. The highest BCUT2D eigenvalue weighted by molar-refractivity contribution is 6.31. The van der Waals surface area contributed by atoms with Crippen molar-refractivity contribution in [3.05, 3.63) is 46.6 Å². The molecule has 5 aliphatic carbocycles. The minimum absolute atomic E-state index is 0.282. The van der Waals surface area contributed by atoms with Crippen LogP contribution < -0.4 is 16.0 Å². The van der Waals surface area contributed by atoms with Crippen LogP contribution in [-0.2, 0) is 6.54 Å². The summed E-state index contributed by atoms with van der Waals surface area (Å²) in [5.74, 6) is 3.45. The van der Waals surface area contributed by atoms with Gasteiger partial charge >= 0.3 is 0 Å². The van der Waals surface area contributed by atoms with Crippen LogP contribution in [0.3, 0.4) is 0 Å². The fraction of sp³-hybridized carbons (Fsp3) is 0.676. The van der Waals surface area contributed by atoms with E-state index >= 15 is 0 Å². The molecule has 1 aromatic heterocycles. The van der Waals surface area contributed by atoms with Gasteiger partial charge in [-0.25, -0.2) is 4.98 Å². The summed E-state index contributed by atoms with van der Waals surface area (Å²) in [6.45, 7) is 2.88. The number of benzene rings is 1. The first kappa shape index (κ1) is 29.3. The fourth-order valence-corrected chi connectivity index (χ4v) is 10.0. The molecule has 230 valence electrons. The van der Waals surface area contributed by atoms with Crippen molar-refractivity contribution in [2.75, 3.05) is 30.3 Å². The van der Waals surface area contributed by atoms with Gasteiger partial charge in [0.1, 0.15) is 17.5 Å². The van der Waals surface area contributed by atoms with Gasteiger partial charge in [-0.15, -0.1) is 0 Å². The molecule has 4 N–H and O–H groups in total. The molecule has 4 bridgehead atoms. The maximum atomic E-state index is 9.80. The predicted octanol–water partition coefficient (Wildman–Crippen LogP) is 5.58. The molecule has 3 unspecified atom stereocenters. The summed E-state index contributed by atoms with van der Waals surface area (Å²) in [5.41, 5.74) is 1.75. The molecule has 8 nitrogen and oxygen atoms in total. The van der Waals surface area contributed by atoms with Crippen molar-refractivity contribution in [3.63, 3.8) is 0 Å². The second-order valence-corrected chi connectivity index (χ2v) is 14.7. The first-order valence-corrected chi connectivity index (χ1v) is 17.0. The number of likely N-dealkylation sites (tertiary alicyclic amines) is 1. The molecule has 5 saturated carbocycles. The van der Waals surface area contributed by atoms with Crippen LogP contribution in [0.15, 0.2) is 30.5 Å². The van der Waals surface area contributed by atoms with Crippen molar-refractivity contribution < 1.29 is 5.11 Å². The number of aliphatic hydroxyl groups excluding tert-OH is 1. The third kappa shape index (κ3) is 6.11. The summed E-state index contributed by atoms with van der Waals surface area (Å²) in [6.07, 6.45) is 15.6. The topological polar surface area (TPSA) is 109 Å². The van der Waals surface area contributed by atoms with Gasteiger partial charge in [0.2, 0.25) is 5.95 Å². The number of hydrogen-bond acceptors (Lipinski definition) is 8. The number of anilines is 2. The van der Waals surface area contributed by atoms with Gasteiger partial charge in [-0.05, 0) is 112 Å². The summed E-state index contributed by atoms with van der Waals surface area (Å²) < 4.78 is 0. The van der Waals surface area contributed by atoms with E-state index in [0.717, 1.165) is 36.3 Å². The SMILES string of the molecule is N#Cc1cnc(NCc2ccccc2Cl)nc1NCC12CC3C[C@H](C1)C(NC1CCC(N4CCC[C@H]4CO)CC1)[C@@H](C3)C2. The molecular formula is C34H46ClN7O. The van der Waals surface area contributed by atoms with Crippen molar-refractivity contribution in [2.45, 2.75) is 101 Å². The van der Waals surface area contributed by atoms with Crippen molar-refractivity contribution in [2.24, 2.45) is 23.2 Å². The molecule has 2 heterocycles. The minimum atomic E-state index is 0.282. The highest BCUT2D eigenvalue weighted by Crippen LogP contribution is 2.60. The second kappa shape index (κ2) is 12.5. The highest BCUT2D eigenvalue weighted by Gasteiger charge is 2.55. The Morgan fingerprint density at radius 1 is 1.05 bits per heavy atom. The van der Waals surface area contributed by atoms with Crippen molar-refractivity contribution >= 4 is 23.4 Å². The number of nitrogens with one attached hydrogen (secondary N) is 3. The zero-order valence-corrected chi connectivity index (χ0v) is 25.9. The maximum Gasteiger partial charge on any atom is 0.224 e. The van der Waals surface area contributed by atoms with Gasteiger partial charge in [0.05, 0.1) is 12.8 Å². The average Bonchev–Trinajstić information content (AvgIpc) is 3.51. The fourth-order valence-electron chi connectivity index (χ4n) is 9.83. The van der Waals surface area contributed by atoms with Gasteiger partial charge in [0.15, 0.2) is 0 Å². The molecule has 8 rings (SSSR count). The standard InChI is InChI=1S/C34H46ClN7O/c35-30-6-2-1-4-23(30)18-37-33-38-19-26(17-36)32(41-33)39-21-34-14-22-12-24(15-34)31(25(13-22)16-34)40-27-7-9-28(10-8-27)42-11-3-5-29(42)20-43/h1-2,4,6,19,22,24-25,27-29,31,40,43H,3,5,7-16,18,20-21H2,(H2,37,38,39,41)/t22?,24-,25+,27?,28?,29-,31?,34?/m0/s1. The Morgan fingerprint density at radius 2 is 1.84 bits per heavy atom. The lowest BCUT2D eigenvalue weighted by molar-refractivity contribution is -0.0735. The molecule has 6 atom stereocenters. The number of nitrogens with zero attached hydrogens (tertiary/aromatic N) is 4. The minimum Gasteiger partial charge on any atom is -0.395 e. The third-order valence-electron chi connectivity index (χ3n) is 11.6.